The number of nitrogens with zero attached hydrogens (tertiary/aromatic N) is 1. The van der Waals surface area contributed by atoms with Gasteiger partial charge < -0.3 is 9.64 Å². The number of methoxy groups -OCH3 is 1. The number of hydrogen-bond donors (Lipinski definition) is 0. The van der Waals surface area contributed by atoms with Crippen LogP contribution in [-0.2, 0) is 9.53 Å². The van der Waals surface area contributed by atoms with Crippen LogP contribution in [0.15, 0.2) is 12.1 Å². The summed E-state index contributed by atoms with van der Waals surface area (Å²) < 4.78 is 5.00. The minimum Gasteiger partial charge on any atom is -0.469 e. The second kappa shape index (κ2) is 5.16. The molecule has 6 heteroatoms. The third-order valence-corrected chi connectivity index (χ3v) is 6.47. The Hall–Kier alpha value is -1.69. The molecule has 0 N–H and O–H groups in total. The number of esters is 1. The number of hydrogen-bond acceptors (Lipinski definition) is 5. The number of amides is 1. The van der Waals surface area contributed by atoms with Crippen molar-refractivity contribution in [3.63, 3.8) is 0 Å². The maximum absolute atomic E-state index is 12.7. The predicted molar refractivity (Wildman–Crippen MR) is 86.6 cm³/mol. The van der Waals surface area contributed by atoms with Crippen LogP contribution >= 0.6 is 11.3 Å². The molecule has 0 unspecified atom stereocenters. The van der Waals surface area contributed by atoms with Crippen molar-refractivity contribution in [3.8, 4) is 0 Å². The second-order valence-corrected chi connectivity index (χ2v) is 8.36. The Kier molecular flexibility index (Phi) is 3.63. The van der Waals surface area contributed by atoms with Gasteiger partial charge in [-0.15, -0.1) is 11.3 Å². The summed E-state index contributed by atoms with van der Waals surface area (Å²) in [6.45, 7) is 6.72. The van der Waals surface area contributed by atoms with E-state index in [0.717, 1.165) is 6.42 Å². The molecule has 1 amide bonds. The molecule has 1 saturated heterocycles. The summed E-state index contributed by atoms with van der Waals surface area (Å²) in [5, 5.41) is 0. The van der Waals surface area contributed by atoms with Crippen molar-refractivity contribution in [2.24, 2.45) is 16.7 Å². The molecule has 2 heterocycles. The fourth-order valence-electron chi connectivity index (χ4n) is 4.32. The van der Waals surface area contributed by atoms with Gasteiger partial charge in [-0.3, -0.25) is 14.4 Å². The third-order valence-electron chi connectivity index (χ3n) is 5.30. The van der Waals surface area contributed by atoms with Crippen LogP contribution in [0.5, 0.6) is 0 Å². The van der Waals surface area contributed by atoms with Gasteiger partial charge >= 0.3 is 5.97 Å². The Balaban J connectivity index is 1.83. The van der Waals surface area contributed by atoms with Gasteiger partial charge in [-0.1, -0.05) is 13.8 Å². The topological polar surface area (TPSA) is 63.7 Å². The minimum absolute atomic E-state index is 0.0310. The number of likely N-dealkylation sites (tertiary alicyclic amines) is 1. The minimum atomic E-state index is -0.561. The van der Waals surface area contributed by atoms with Crippen LogP contribution in [0.25, 0.3) is 0 Å². The Labute approximate surface area is 139 Å². The first-order valence-electron chi connectivity index (χ1n) is 7.70. The summed E-state index contributed by atoms with van der Waals surface area (Å²) in [6.07, 6.45) is 0.740. The molecule has 0 bridgehead atoms. The number of carbonyl (C=O) groups is 3. The standard InChI is InChI=1S/C17H21NO4S/c1-10(19)11-5-6-12(23-11)14(20)18-7-13-16(2,3)8-17(13,9-18)15(21)22-4/h5-6,13H,7-9H2,1-4H3/t13-,17+/m1/s1. The first kappa shape index (κ1) is 16.2. The molecule has 1 aliphatic heterocycles. The molecule has 1 saturated carbocycles. The van der Waals surface area contributed by atoms with E-state index in [0.29, 0.717) is 22.8 Å². The van der Waals surface area contributed by atoms with Gasteiger partial charge in [-0.05, 0) is 36.8 Å². The van der Waals surface area contributed by atoms with Crippen molar-refractivity contribution in [1.82, 2.24) is 4.90 Å². The highest BCUT2D eigenvalue weighted by Gasteiger charge is 2.68. The number of carbonyl (C=O) groups excluding carboxylic acids is 3. The average molecular weight is 335 g/mol. The lowest BCUT2D eigenvalue weighted by molar-refractivity contribution is -0.174. The van der Waals surface area contributed by atoms with Gasteiger partial charge in [0.25, 0.3) is 5.91 Å². The van der Waals surface area contributed by atoms with Gasteiger partial charge in [-0.2, -0.15) is 0 Å². The Morgan fingerprint density at radius 1 is 1.26 bits per heavy atom. The molecule has 0 spiro atoms. The predicted octanol–water partition coefficient (Wildman–Crippen LogP) is 2.61. The van der Waals surface area contributed by atoms with Gasteiger partial charge in [0, 0.05) is 13.1 Å². The molecular formula is C17H21NO4S. The van der Waals surface area contributed by atoms with Gasteiger partial charge in [0.05, 0.1) is 22.3 Å². The quantitative estimate of drug-likeness (QED) is 0.629. The SMILES string of the molecule is COC(=O)[C@@]12CN(C(=O)c3ccc(C(C)=O)s3)C[C@@H]1C(C)(C)C2. The van der Waals surface area contributed by atoms with E-state index in [1.54, 1.807) is 17.0 Å². The number of rotatable bonds is 3. The molecule has 3 rings (SSSR count). The molecule has 5 nitrogen and oxygen atoms in total. The summed E-state index contributed by atoms with van der Waals surface area (Å²) in [5.74, 6) is -0.231. The number of fused-ring (bicyclic) bond motifs is 1. The van der Waals surface area contributed by atoms with Crippen LogP contribution in [0.2, 0.25) is 0 Å². The van der Waals surface area contributed by atoms with Crippen molar-refractivity contribution in [3.05, 3.63) is 21.9 Å². The average Bonchev–Trinajstić information content (AvgIpc) is 3.09. The lowest BCUT2D eigenvalue weighted by Gasteiger charge is -2.54. The first-order valence-corrected chi connectivity index (χ1v) is 8.51. The van der Waals surface area contributed by atoms with Gasteiger partial charge in [-0.25, -0.2) is 0 Å². The van der Waals surface area contributed by atoms with Crippen LogP contribution in [0.3, 0.4) is 0 Å². The van der Waals surface area contributed by atoms with E-state index in [9.17, 15) is 14.4 Å². The smallest absolute Gasteiger partial charge is 0.314 e. The summed E-state index contributed by atoms with van der Waals surface area (Å²) in [4.78, 5) is 39.3. The zero-order valence-electron chi connectivity index (χ0n) is 13.8. The largest absolute Gasteiger partial charge is 0.469 e. The molecule has 2 fully saturated rings. The summed E-state index contributed by atoms with van der Waals surface area (Å²) >= 11 is 1.21. The van der Waals surface area contributed by atoms with E-state index in [1.807, 2.05) is 0 Å². The van der Waals surface area contributed by atoms with Crippen molar-refractivity contribution >= 4 is 29.0 Å². The first-order chi connectivity index (χ1) is 10.7. The molecule has 1 aromatic rings. The summed E-state index contributed by atoms with van der Waals surface area (Å²) in [5.41, 5.74) is -0.530. The molecule has 0 radical (unpaired) electrons. The Bertz CT molecular complexity index is 693. The fraction of sp³-hybridized carbons (Fsp3) is 0.588. The van der Waals surface area contributed by atoms with E-state index in [-0.39, 0.29) is 29.0 Å². The van der Waals surface area contributed by atoms with Crippen molar-refractivity contribution in [2.75, 3.05) is 20.2 Å². The van der Waals surface area contributed by atoms with E-state index in [4.69, 9.17) is 4.74 Å². The number of thiophene rings is 1. The Morgan fingerprint density at radius 2 is 1.91 bits per heavy atom. The third kappa shape index (κ3) is 2.31. The number of ether oxygens (including phenoxy) is 1. The van der Waals surface area contributed by atoms with Crippen molar-refractivity contribution < 1.29 is 19.1 Å². The zero-order valence-corrected chi connectivity index (χ0v) is 14.7. The monoisotopic (exact) mass is 335 g/mol. The van der Waals surface area contributed by atoms with E-state index >= 15 is 0 Å². The molecule has 2 aliphatic rings. The van der Waals surface area contributed by atoms with Crippen LogP contribution in [0, 0.1) is 16.7 Å². The normalized spacial score (nSPS) is 28.0. The van der Waals surface area contributed by atoms with Gasteiger partial charge in [0.2, 0.25) is 0 Å². The maximum Gasteiger partial charge on any atom is 0.314 e. The molecule has 0 aromatic carbocycles. The van der Waals surface area contributed by atoms with Crippen molar-refractivity contribution in [1.29, 1.82) is 0 Å². The molecular weight excluding hydrogens is 314 g/mol. The zero-order chi connectivity index (χ0) is 17.0. The van der Waals surface area contributed by atoms with Crippen LogP contribution < -0.4 is 0 Å². The lowest BCUT2D eigenvalue weighted by atomic mass is 9.48. The fourth-order valence-corrected chi connectivity index (χ4v) is 5.19. The van der Waals surface area contributed by atoms with E-state index < -0.39 is 5.41 Å². The molecule has 2 atom stereocenters. The number of ketones is 1. The van der Waals surface area contributed by atoms with E-state index in [1.165, 1.54) is 25.4 Å². The molecule has 1 aliphatic carbocycles. The maximum atomic E-state index is 12.7. The molecule has 124 valence electrons. The van der Waals surface area contributed by atoms with Crippen molar-refractivity contribution in [2.45, 2.75) is 27.2 Å². The van der Waals surface area contributed by atoms with Gasteiger partial charge in [0.1, 0.15) is 0 Å². The second-order valence-electron chi connectivity index (χ2n) is 7.27. The summed E-state index contributed by atoms with van der Waals surface area (Å²) in [6, 6.07) is 3.38. The van der Waals surface area contributed by atoms with Crippen LogP contribution in [-0.4, -0.2) is 42.8 Å². The summed E-state index contributed by atoms with van der Waals surface area (Å²) in [7, 11) is 1.41. The molecule has 1 aromatic heterocycles. The van der Waals surface area contributed by atoms with Crippen LogP contribution in [0.4, 0.5) is 0 Å². The van der Waals surface area contributed by atoms with Crippen LogP contribution in [0.1, 0.15) is 46.5 Å². The van der Waals surface area contributed by atoms with E-state index in [2.05, 4.69) is 13.8 Å². The lowest BCUT2D eigenvalue weighted by Crippen LogP contribution is -2.57. The van der Waals surface area contributed by atoms with Gasteiger partial charge in [0.15, 0.2) is 5.78 Å². The number of Topliss-reactive ketones (excluding diaryl/α,β-unsaturated/α-hetero) is 1. The Morgan fingerprint density at radius 3 is 2.43 bits per heavy atom. The highest BCUT2D eigenvalue weighted by atomic mass is 32.1. The molecule has 23 heavy (non-hydrogen) atoms. The highest BCUT2D eigenvalue weighted by Crippen LogP contribution is 2.63. The highest BCUT2D eigenvalue weighted by molar-refractivity contribution is 7.15.